The lowest BCUT2D eigenvalue weighted by Crippen LogP contribution is -2.33. The Morgan fingerprint density at radius 2 is 2.00 bits per heavy atom. The van der Waals surface area contributed by atoms with Crippen molar-refractivity contribution in [3.63, 3.8) is 0 Å². The third-order valence-corrected chi connectivity index (χ3v) is 5.13. The fourth-order valence-corrected chi connectivity index (χ4v) is 3.61. The van der Waals surface area contributed by atoms with Crippen LogP contribution in [0.25, 0.3) is 5.78 Å². The molecule has 1 amide bonds. The molecular weight excluding hydrogens is 396 g/mol. The highest BCUT2D eigenvalue weighted by Crippen LogP contribution is 2.23. The molecule has 0 radical (unpaired) electrons. The highest BCUT2D eigenvalue weighted by Gasteiger charge is 2.16. The van der Waals surface area contributed by atoms with Gasteiger partial charge in [-0.1, -0.05) is 30.0 Å². The fraction of sp³-hybridized carbons (Fsp3) is 0.368. The van der Waals surface area contributed by atoms with E-state index in [2.05, 4.69) is 20.4 Å². The van der Waals surface area contributed by atoms with Gasteiger partial charge in [0.1, 0.15) is 0 Å². The summed E-state index contributed by atoms with van der Waals surface area (Å²) in [6, 6.07) is 9.68. The zero-order chi connectivity index (χ0) is 19.4. The smallest absolute Gasteiger partial charge is 0.253 e. The second-order valence-electron chi connectivity index (χ2n) is 6.42. The normalized spacial score (nSPS) is 10.7. The number of carbonyl (C=O) groups is 1. The summed E-state index contributed by atoms with van der Waals surface area (Å²) in [7, 11) is 3.70. The molecule has 0 spiro atoms. The molecule has 0 aliphatic carbocycles. The van der Waals surface area contributed by atoms with Gasteiger partial charge in [0, 0.05) is 42.8 Å². The average molecular weight is 421 g/mol. The van der Waals surface area contributed by atoms with Gasteiger partial charge < -0.3 is 10.2 Å². The van der Waals surface area contributed by atoms with E-state index in [0.29, 0.717) is 23.2 Å². The van der Waals surface area contributed by atoms with Crippen LogP contribution in [0.4, 0.5) is 0 Å². The second-order valence-corrected chi connectivity index (χ2v) is 7.36. The lowest BCUT2D eigenvalue weighted by molar-refractivity contribution is 0.0796. The van der Waals surface area contributed by atoms with Crippen molar-refractivity contribution in [1.82, 2.24) is 29.8 Å². The number of nitrogens with one attached hydrogen (secondary N) is 1. The molecule has 0 saturated heterocycles. The van der Waals surface area contributed by atoms with Crippen molar-refractivity contribution < 1.29 is 4.79 Å². The van der Waals surface area contributed by atoms with E-state index in [4.69, 9.17) is 0 Å². The van der Waals surface area contributed by atoms with Crippen LogP contribution in [0.2, 0.25) is 0 Å². The van der Waals surface area contributed by atoms with Gasteiger partial charge in [-0.05, 0) is 38.6 Å². The number of thioether (sulfide) groups is 1. The molecule has 0 atom stereocenters. The summed E-state index contributed by atoms with van der Waals surface area (Å²) in [5.41, 5.74) is 3.61. The number of rotatable bonds is 7. The number of hydrogen-bond donors (Lipinski definition) is 1. The first-order chi connectivity index (χ1) is 13.0. The second kappa shape index (κ2) is 9.86. The molecule has 28 heavy (non-hydrogen) atoms. The first-order valence-electron chi connectivity index (χ1n) is 8.81. The standard InChI is InChI=1S/C19H24N6OS.ClH/c1-13-11-14(2)25-18(21-13)22-19(23-25)27-12-15-7-5-6-8-16(15)17(26)24(4)10-9-20-3;/h5-8,11,20H,9-10,12H2,1-4H3;1H. The van der Waals surface area contributed by atoms with Crippen LogP contribution in [0.15, 0.2) is 35.5 Å². The number of aromatic nitrogens is 4. The molecule has 0 fully saturated rings. The third-order valence-electron chi connectivity index (χ3n) is 4.25. The maximum absolute atomic E-state index is 12.7. The first kappa shape index (κ1) is 22.1. The Bertz CT molecular complexity index is 961. The van der Waals surface area contributed by atoms with E-state index in [1.807, 2.05) is 58.3 Å². The Labute approximate surface area is 175 Å². The molecular formula is C19H25ClN6OS. The van der Waals surface area contributed by atoms with E-state index in [1.54, 1.807) is 9.42 Å². The molecule has 3 aromatic rings. The number of nitrogens with zero attached hydrogens (tertiary/aromatic N) is 5. The van der Waals surface area contributed by atoms with Crippen LogP contribution in [0.3, 0.4) is 0 Å². The van der Waals surface area contributed by atoms with Gasteiger partial charge in [0.2, 0.25) is 5.16 Å². The Kier molecular flexibility index (Phi) is 7.79. The predicted molar refractivity (Wildman–Crippen MR) is 114 cm³/mol. The number of fused-ring (bicyclic) bond motifs is 1. The molecule has 3 rings (SSSR count). The summed E-state index contributed by atoms with van der Waals surface area (Å²) >= 11 is 1.51. The van der Waals surface area contributed by atoms with Crippen molar-refractivity contribution in [1.29, 1.82) is 0 Å². The molecule has 150 valence electrons. The van der Waals surface area contributed by atoms with Crippen LogP contribution in [-0.4, -0.2) is 57.6 Å². The van der Waals surface area contributed by atoms with Gasteiger partial charge in [-0.25, -0.2) is 9.50 Å². The summed E-state index contributed by atoms with van der Waals surface area (Å²) < 4.78 is 1.75. The average Bonchev–Trinajstić information content (AvgIpc) is 3.07. The van der Waals surface area contributed by atoms with Crippen molar-refractivity contribution in [2.75, 3.05) is 27.2 Å². The van der Waals surface area contributed by atoms with Crippen LogP contribution in [0, 0.1) is 13.8 Å². The summed E-state index contributed by atoms with van der Waals surface area (Å²) in [5, 5.41) is 8.24. The minimum absolute atomic E-state index is 0. The summed E-state index contributed by atoms with van der Waals surface area (Å²) in [5.74, 6) is 1.25. The highest BCUT2D eigenvalue weighted by molar-refractivity contribution is 7.98. The zero-order valence-corrected chi connectivity index (χ0v) is 18.1. The third kappa shape index (κ3) is 5.01. The van der Waals surface area contributed by atoms with Crippen molar-refractivity contribution in [2.45, 2.75) is 24.8 Å². The van der Waals surface area contributed by atoms with Gasteiger partial charge in [0.15, 0.2) is 0 Å². The fourth-order valence-electron chi connectivity index (χ4n) is 2.79. The Hall–Kier alpha value is -2.16. The summed E-state index contributed by atoms with van der Waals surface area (Å²) in [6.45, 7) is 5.35. The maximum Gasteiger partial charge on any atom is 0.253 e. The van der Waals surface area contributed by atoms with Gasteiger partial charge in [0.25, 0.3) is 11.7 Å². The van der Waals surface area contributed by atoms with Crippen LogP contribution in [0.5, 0.6) is 0 Å². The monoisotopic (exact) mass is 420 g/mol. The van der Waals surface area contributed by atoms with Crippen LogP contribution < -0.4 is 5.32 Å². The number of hydrogen-bond acceptors (Lipinski definition) is 6. The van der Waals surface area contributed by atoms with Crippen molar-refractivity contribution in [3.8, 4) is 0 Å². The number of halogens is 1. The number of likely N-dealkylation sites (N-methyl/N-ethyl adjacent to an activating group) is 2. The first-order valence-corrected chi connectivity index (χ1v) is 9.80. The van der Waals surface area contributed by atoms with E-state index in [9.17, 15) is 4.79 Å². The molecule has 2 heterocycles. The molecule has 2 aromatic heterocycles. The maximum atomic E-state index is 12.7. The summed E-state index contributed by atoms with van der Waals surface area (Å²) in [6.07, 6.45) is 0. The topological polar surface area (TPSA) is 75.4 Å². The van der Waals surface area contributed by atoms with Crippen molar-refractivity contribution in [3.05, 3.63) is 52.8 Å². The van der Waals surface area contributed by atoms with Gasteiger partial charge in [-0.2, -0.15) is 4.98 Å². The molecule has 0 saturated carbocycles. The van der Waals surface area contributed by atoms with Crippen LogP contribution >= 0.6 is 24.2 Å². The largest absolute Gasteiger partial charge is 0.340 e. The van der Waals surface area contributed by atoms with Gasteiger partial charge in [-0.15, -0.1) is 17.5 Å². The van der Waals surface area contributed by atoms with E-state index in [1.165, 1.54) is 11.8 Å². The van der Waals surface area contributed by atoms with E-state index in [-0.39, 0.29) is 18.3 Å². The zero-order valence-electron chi connectivity index (χ0n) is 16.5. The quantitative estimate of drug-likeness (QED) is 0.592. The van der Waals surface area contributed by atoms with Gasteiger partial charge >= 0.3 is 0 Å². The SMILES string of the molecule is CNCCN(C)C(=O)c1ccccc1CSc1nc2nc(C)cc(C)n2n1.Cl. The molecule has 7 nitrogen and oxygen atoms in total. The number of amides is 1. The lowest BCUT2D eigenvalue weighted by atomic mass is 10.1. The number of aryl methyl sites for hydroxylation is 2. The Morgan fingerprint density at radius 1 is 1.25 bits per heavy atom. The van der Waals surface area contributed by atoms with Crippen molar-refractivity contribution >= 4 is 35.9 Å². The molecule has 0 unspecified atom stereocenters. The Morgan fingerprint density at radius 3 is 2.75 bits per heavy atom. The van der Waals surface area contributed by atoms with Crippen LogP contribution in [-0.2, 0) is 5.75 Å². The van der Waals surface area contributed by atoms with Gasteiger partial charge in [0.05, 0.1) is 0 Å². The van der Waals surface area contributed by atoms with E-state index < -0.39 is 0 Å². The highest BCUT2D eigenvalue weighted by atomic mass is 35.5. The molecule has 1 N–H and O–H groups in total. The van der Waals surface area contributed by atoms with Gasteiger partial charge in [-0.3, -0.25) is 4.79 Å². The van der Waals surface area contributed by atoms with E-state index in [0.717, 1.165) is 29.1 Å². The molecule has 0 bridgehead atoms. The van der Waals surface area contributed by atoms with Crippen molar-refractivity contribution in [2.24, 2.45) is 0 Å². The number of benzene rings is 1. The minimum Gasteiger partial charge on any atom is -0.340 e. The Balaban J connectivity index is 0.00000280. The minimum atomic E-state index is 0. The van der Waals surface area contributed by atoms with Crippen LogP contribution in [0.1, 0.15) is 27.3 Å². The number of carbonyl (C=O) groups excluding carboxylic acids is 1. The summed E-state index contributed by atoms with van der Waals surface area (Å²) in [4.78, 5) is 23.4. The molecule has 0 aliphatic rings. The molecule has 0 aliphatic heterocycles. The molecule has 1 aromatic carbocycles. The lowest BCUT2D eigenvalue weighted by Gasteiger charge is -2.18. The predicted octanol–water partition coefficient (Wildman–Crippen LogP) is 2.75. The van der Waals surface area contributed by atoms with E-state index >= 15 is 0 Å². The molecule has 9 heteroatoms.